The number of imidazole rings is 1. The van der Waals surface area contributed by atoms with Gasteiger partial charge in [0.15, 0.2) is 0 Å². The van der Waals surface area contributed by atoms with Crippen LogP contribution in [-0.2, 0) is 0 Å². The fraction of sp³-hybridized carbons (Fsp3) is 0.278. The number of fused-ring (bicyclic) bond motifs is 6. The Balaban J connectivity index is 1.74. The van der Waals surface area contributed by atoms with Crippen molar-refractivity contribution in [3.63, 3.8) is 0 Å². The topological polar surface area (TPSA) is 29.9 Å². The predicted molar refractivity (Wildman–Crippen MR) is 84.0 cm³/mol. The number of hydrogen-bond acceptors (Lipinski definition) is 2. The zero-order valence-corrected chi connectivity index (χ0v) is 11.8. The predicted octanol–water partition coefficient (Wildman–Crippen LogP) is 3.20. The van der Waals surface area contributed by atoms with E-state index in [1.807, 2.05) is 6.33 Å². The van der Waals surface area contributed by atoms with Gasteiger partial charge >= 0.3 is 0 Å². The molecule has 1 aliphatic heterocycles. The van der Waals surface area contributed by atoms with Crippen LogP contribution in [0.15, 0.2) is 48.8 Å². The largest absolute Gasteiger partial charge is 0.316 e. The highest BCUT2D eigenvalue weighted by molar-refractivity contribution is 5.80. The van der Waals surface area contributed by atoms with Crippen LogP contribution in [0.4, 0.5) is 0 Å². The Labute approximate surface area is 123 Å². The van der Waals surface area contributed by atoms with Crippen molar-refractivity contribution in [1.82, 2.24) is 14.9 Å². The van der Waals surface area contributed by atoms with E-state index in [1.54, 1.807) is 0 Å². The standard InChI is InChI=1S/C18H17N3/c1-2-4-14(5-3-1)21-11-20-17-7-15-12-6-13(10-19-9-12)16(15)8-18(17)21/h1-5,7-8,11-13,19H,6,9-10H2. The number of aromatic nitrogens is 2. The van der Waals surface area contributed by atoms with E-state index in [9.17, 15) is 0 Å². The van der Waals surface area contributed by atoms with Crippen molar-refractivity contribution < 1.29 is 0 Å². The van der Waals surface area contributed by atoms with Gasteiger partial charge in [-0.2, -0.15) is 0 Å². The first-order valence-electron chi connectivity index (χ1n) is 7.67. The van der Waals surface area contributed by atoms with E-state index in [0.29, 0.717) is 11.8 Å². The highest BCUT2D eigenvalue weighted by atomic mass is 15.0. The van der Waals surface area contributed by atoms with Gasteiger partial charge in [0, 0.05) is 18.8 Å². The molecule has 1 fully saturated rings. The molecule has 21 heavy (non-hydrogen) atoms. The average Bonchev–Trinajstić information content (AvgIpc) is 3.06. The maximum Gasteiger partial charge on any atom is 0.100 e. The molecule has 2 unspecified atom stereocenters. The normalized spacial score (nSPS) is 23.4. The van der Waals surface area contributed by atoms with E-state index in [0.717, 1.165) is 18.6 Å². The molecule has 3 nitrogen and oxygen atoms in total. The van der Waals surface area contributed by atoms with Crippen molar-refractivity contribution >= 4 is 11.0 Å². The van der Waals surface area contributed by atoms with Crippen LogP contribution in [0.25, 0.3) is 16.7 Å². The first-order chi connectivity index (χ1) is 10.4. The number of nitrogens with one attached hydrogen (secondary N) is 1. The number of para-hydroxylation sites is 1. The van der Waals surface area contributed by atoms with Crippen LogP contribution in [0.5, 0.6) is 0 Å². The third kappa shape index (κ3) is 1.61. The van der Waals surface area contributed by atoms with Gasteiger partial charge < -0.3 is 5.32 Å². The maximum atomic E-state index is 4.63. The summed E-state index contributed by atoms with van der Waals surface area (Å²) in [6.07, 6.45) is 3.25. The van der Waals surface area contributed by atoms with Gasteiger partial charge in [-0.3, -0.25) is 4.57 Å². The highest BCUT2D eigenvalue weighted by Crippen LogP contribution is 2.44. The summed E-state index contributed by atoms with van der Waals surface area (Å²) in [5.41, 5.74) is 6.59. The summed E-state index contributed by atoms with van der Waals surface area (Å²) in [5, 5.41) is 3.56. The molecule has 2 heterocycles. The lowest BCUT2D eigenvalue weighted by molar-refractivity contribution is 0.454. The molecule has 0 amide bonds. The Bertz CT molecular complexity index is 819. The van der Waals surface area contributed by atoms with Crippen molar-refractivity contribution in [2.75, 3.05) is 13.1 Å². The van der Waals surface area contributed by atoms with Crippen LogP contribution < -0.4 is 5.32 Å². The van der Waals surface area contributed by atoms with Gasteiger partial charge in [-0.25, -0.2) is 4.98 Å². The quantitative estimate of drug-likeness (QED) is 0.739. The summed E-state index contributed by atoms with van der Waals surface area (Å²) >= 11 is 0. The fourth-order valence-electron chi connectivity index (χ4n) is 4.00. The van der Waals surface area contributed by atoms with Crippen LogP contribution >= 0.6 is 0 Å². The second kappa shape index (κ2) is 4.18. The van der Waals surface area contributed by atoms with E-state index in [1.165, 1.54) is 28.8 Å². The summed E-state index contributed by atoms with van der Waals surface area (Å²) in [4.78, 5) is 4.63. The molecule has 0 spiro atoms. The summed E-state index contributed by atoms with van der Waals surface area (Å²) in [7, 11) is 0. The average molecular weight is 275 g/mol. The Hall–Kier alpha value is -2.13. The van der Waals surface area contributed by atoms with Gasteiger partial charge in [0.2, 0.25) is 0 Å². The van der Waals surface area contributed by atoms with Crippen LogP contribution in [0.1, 0.15) is 29.4 Å². The number of nitrogens with zero attached hydrogens (tertiary/aromatic N) is 2. The number of piperidine rings is 1. The molecule has 104 valence electrons. The Kier molecular flexibility index (Phi) is 2.29. The first kappa shape index (κ1) is 11.5. The summed E-state index contributed by atoms with van der Waals surface area (Å²) in [6.45, 7) is 2.24. The van der Waals surface area contributed by atoms with Crippen molar-refractivity contribution in [2.24, 2.45) is 0 Å². The zero-order valence-electron chi connectivity index (χ0n) is 11.8. The molecular formula is C18H17N3. The zero-order chi connectivity index (χ0) is 13.8. The fourth-order valence-corrected chi connectivity index (χ4v) is 4.00. The minimum Gasteiger partial charge on any atom is -0.316 e. The lowest BCUT2D eigenvalue weighted by Crippen LogP contribution is -2.28. The van der Waals surface area contributed by atoms with Gasteiger partial charge in [0.05, 0.1) is 11.0 Å². The molecule has 2 bridgehead atoms. The molecule has 3 heteroatoms. The van der Waals surface area contributed by atoms with Gasteiger partial charge in [-0.05, 0) is 53.6 Å². The minimum atomic E-state index is 0.683. The molecule has 1 saturated heterocycles. The molecular weight excluding hydrogens is 258 g/mol. The van der Waals surface area contributed by atoms with E-state index in [4.69, 9.17) is 0 Å². The molecule has 1 N–H and O–H groups in total. The summed E-state index contributed by atoms with van der Waals surface area (Å²) < 4.78 is 2.20. The van der Waals surface area contributed by atoms with Gasteiger partial charge in [0.1, 0.15) is 6.33 Å². The van der Waals surface area contributed by atoms with Crippen molar-refractivity contribution in [3.05, 3.63) is 59.9 Å². The number of hydrogen-bond donors (Lipinski definition) is 1. The Morgan fingerprint density at radius 2 is 1.76 bits per heavy atom. The van der Waals surface area contributed by atoms with Crippen molar-refractivity contribution in [1.29, 1.82) is 0 Å². The third-order valence-electron chi connectivity index (χ3n) is 5.02. The molecule has 1 aromatic heterocycles. The third-order valence-corrected chi connectivity index (χ3v) is 5.02. The molecule has 5 rings (SSSR count). The van der Waals surface area contributed by atoms with Crippen LogP contribution in [-0.4, -0.2) is 22.6 Å². The second-order valence-electron chi connectivity index (χ2n) is 6.21. The highest BCUT2D eigenvalue weighted by Gasteiger charge is 2.34. The van der Waals surface area contributed by atoms with Crippen molar-refractivity contribution in [3.8, 4) is 5.69 Å². The van der Waals surface area contributed by atoms with Crippen LogP contribution in [0, 0.1) is 0 Å². The van der Waals surface area contributed by atoms with E-state index in [2.05, 4.69) is 57.3 Å². The van der Waals surface area contributed by atoms with E-state index >= 15 is 0 Å². The molecule has 0 saturated carbocycles. The van der Waals surface area contributed by atoms with E-state index in [-0.39, 0.29) is 0 Å². The number of rotatable bonds is 1. The summed E-state index contributed by atoms with van der Waals surface area (Å²) in [5.74, 6) is 1.37. The second-order valence-corrected chi connectivity index (χ2v) is 6.21. The molecule has 1 aliphatic carbocycles. The van der Waals surface area contributed by atoms with Gasteiger partial charge in [-0.15, -0.1) is 0 Å². The molecule has 2 aliphatic rings. The molecule has 0 radical (unpaired) electrons. The van der Waals surface area contributed by atoms with Crippen molar-refractivity contribution in [2.45, 2.75) is 18.3 Å². The lowest BCUT2D eigenvalue weighted by atomic mass is 9.98. The SMILES string of the molecule is c1ccc(-n2cnc3cc4c(cc32)C2CNCC4C2)cc1. The first-order valence-corrected chi connectivity index (χ1v) is 7.67. The molecule has 2 aromatic carbocycles. The molecule has 2 atom stereocenters. The minimum absolute atomic E-state index is 0.683. The summed E-state index contributed by atoms with van der Waals surface area (Å²) in [6, 6.07) is 15.2. The molecule has 3 aromatic rings. The van der Waals surface area contributed by atoms with Crippen LogP contribution in [0.2, 0.25) is 0 Å². The maximum absolute atomic E-state index is 4.63. The van der Waals surface area contributed by atoms with Gasteiger partial charge in [0.25, 0.3) is 0 Å². The monoisotopic (exact) mass is 275 g/mol. The Morgan fingerprint density at radius 3 is 2.57 bits per heavy atom. The lowest BCUT2D eigenvalue weighted by Gasteiger charge is -2.19. The van der Waals surface area contributed by atoms with E-state index < -0.39 is 0 Å². The Morgan fingerprint density at radius 1 is 1.00 bits per heavy atom. The smallest absolute Gasteiger partial charge is 0.100 e. The van der Waals surface area contributed by atoms with Crippen LogP contribution in [0.3, 0.4) is 0 Å². The van der Waals surface area contributed by atoms with Gasteiger partial charge in [-0.1, -0.05) is 18.2 Å². The number of benzene rings is 2.